The van der Waals surface area contributed by atoms with Crippen LogP contribution in [0.4, 0.5) is 5.95 Å². The number of ketones is 1. The maximum Gasteiger partial charge on any atom is 0.227 e. The fraction of sp³-hybridized carbons (Fsp3) is 0.278. The zero-order valence-corrected chi connectivity index (χ0v) is 15.1. The average Bonchev–Trinajstić information content (AvgIpc) is 3.01. The van der Waals surface area contributed by atoms with Crippen molar-refractivity contribution in [3.8, 4) is 0 Å². The smallest absolute Gasteiger partial charge is 0.227 e. The highest BCUT2D eigenvalue weighted by molar-refractivity contribution is 7.99. The molecule has 0 saturated heterocycles. The molecule has 1 N–H and O–H groups in total. The summed E-state index contributed by atoms with van der Waals surface area (Å²) < 4.78 is 1.82. The lowest BCUT2D eigenvalue weighted by molar-refractivity contribution is -0.116. The second-order valence-corrected chi connectivity index (χ2v) is 7.43. The monoisotopic (exact) mass is 372 g/mol. The van der Waals surface area contributed by atoms with Crippen LogP contribution in [-0.2, 0) is 4.79 Å². The van der Waals surface area contributed by atoms with Crippen LogP contribution in [-0.4, -0.2) is 26.3 Å². The topological polar surface area (TPSA) is 59.8 Å². The van der Waals surface area contributed by atoms with E-state index >= 15 is 0 Å². The van der Waals surface area contributed by atoms with Crippen LogP contribution in [0, 0.1) is 0 Å². The lowest BCUT2D eigenvalue weighted by Crippen LogP contribution is -2.31. The van der Waals surface area contributed by atoms with Crippen LogP contribution in [0.1, 0.15) is 30.9 Å². The Bertz CT molecular complexity index is 872. The van der Waals surface area contributed by atoms with Gasteiger partial charge in [0.05, 0.1) is 0 Å². The lowest BCUT2D eigenvalue weighted by Gasteiger charge is -2.32. The molecule has 2 aromatic rings. The van der Waals surface area contributed by atoms with Gasteiger partial charge in [-0.05, 0) is 30.5 Å². The van der Waals surface area contributed by atoms with Gasteiger partial charge in [0.25, 0.3) is 0 Å². The minimum absolute atomic E-state index is 0.176. The zero-order valence-electron chi connectivity index (χ0n) is 13.5. The number of allylic oxidation sites excluding steroid dienone is 2. The molecule has 0 amide bonds. The molecular weight excluding hydrogens is 356 g/mol. The first-order valence-corrected chi connectivity index (χ1v) is 9.52. The summed E-state index contributed by atoms with van der Waals surface area (Å²) in [6.07, 6.45) is 4.12. The third-order valence-corrected chi connectivity index (χ3v) is 5.45. The van der Waals surface area contributed by atoms with E-state index in [2.05, 4.69) is 22.0 Å². The van der Waals surface area contributed by atoms with Crippen LogP contribution in [0.15, 0.2) is 53.3 Å². The van der Waals surface area contributed by atoms with Gasteiger partial charge in [-0.1, -0.05) is 41.6 Å². The van der Waals surface area contributed by atoms with E-state index in [1.54, 1.807) is 0 Å². The summed E-state index contributed by atoms with van der Waals surface area (Å²) in [6, 6.07) is 7.33. The van der Waals surface area contributed by atoms with Crippen molar-refractivity contribution in [2.75, 3.05) is 11.1 Å². The largest absolute Gasteiger partial charge is 0.328 e. The number of fused-ring (bicyclic) bond motifs is 1. The van der Waals surface area contributed by atoms with Gasteiger partial charge in [0, 0.05) is 28.5 Å². The van der Waals surface area contributed by atoms with Gasteiger partial charge < -0.3 is 5.32 Å². The first-order chi connectivity index (χ1) is 12.2. The predicted octanol–water partition coefficient (Wildman–Crippen LogP) is 4.23. The third kappa shape index (κ3) is 3.00. The molecule has 128 valence electrons. The summed E-state index contributed by atoms with van der Waals surface area (Å²) in [5.74, 6) is 1.59. The number of hydrogen-bond donors (Lipinski definition) is 1. The number of carbonyl (C=O) groups is 1. The highest BCUT2D eigenvalue weighted by Crippen LogP contribution is 2.40. The number of benzene rings is 1. The highest BCUT2D eigenvalue weighted by Gasteiger charge is 2.36. The number of anilines is 1. The van der Waals surface area contributed by atoms with E-state index in [1.165, 1.54) is 11.8 Å². The highest BCUT2D eigenvalue weighted by atomic mass is 35.5. The molecule has 7 heteroatoms. The summed E-state index contributed by atoms with van der Waals surface area (Å²) in [4.78, 5) is 17.2. The van der Waals surface area contributed by atoms with Crippen molar-refractivity contribution in [2.45, 2.75) is 30.5 Å². The lowest BCUT2D eigenvalue weighted by atomic mass is 9.85. The van der Waals surface area contributed by atoms with Crippen LogP contribution in [0.25, 0.3) is 0 Å². The predicted molar refractivity (Wildman–Crippen MR) is 100 cm³/mol. The maximum atomic E-state index is 12.7. The van der Waals surface area contributed by atoms with Crippen LogP contribution in [0.3, 0.4) is 0 Å². The molecule has 2 aliphatic rings. The molecular formula is C18H17ClN4OS. The molecule has 1 unspecified atom stereocenters. The van der Waals surface area contributed by atoms with E-state index in [0.717, 1.165) is 35.4 Å². The summed E-state index contributed by atoms with van der Waals surface area (Å²) in [5.41, 5.74) is 2.75. The van der Waals surface area contributed by atoms with Crippen LogP contribution in [0.2, 0.25) is 5.02 Å². The molecule has 0 saturated carbocycles. The molecule has 0 spiro atoms. The van der Waals surface area contributed by atoms with E-state index in [0.29, 0.717) is 22.5 Å². The van der Waals surface area contributed by atoms with E-state index in [-0.39, 0.29) is 11.8 Å². The SMILES string of the molecule is C=CCSc1nc2n(n1)C(c1ccc(Cl)cc1)C1=C(CCCC1=O)N2. The molecule has 1 aromatic carbocycles. The Kier molecular flexibility index (Phi) is 4.39. The number of thioether (sulfide) groups is 1. The van der Waals surface area contributed by atoms with E-state index in [1.807, 2.05) is 35.0 Å². The van der Waals surface area contributed by atoms with Crippen molar-refractivity contribution in [3.05, 3.63) is 58.8 Å². The first kappa shape index (κ1) is 16.4. The molecule has 4 rings (SSSR count). The molecule has 0 radical (unpaired) electrons. The fourth-order valence-electron chi connectivity index (χ4n) is 3.28. The van der Waals surface area contributed by atoms with Crippen LogP contribution < -0.4 is 5.32 Å². The van der Waals surface area contributed by atoms with E-state index in [9.17, 15) is 4.79 Å². The van der Waals surface area contributed by atoms with E-state index < -0.39 is 0 Å². The number of Topliss-reactive ketones (excluding diaryl/α,β-unsaturated/α-hetero) is 1. The fourth-order valence-corrected chi connectivity index (χ4v) is 3.97. The Morgan fingerprint density at radius 3 is 2.92 bits per heavy atom. The number of halogens is 1. The standard InChI is InChI=1S/C18H17ClN4OS/c1-2-10-25-18-21-17-20-13-4-3-5-14(24)15(13)16(23(17)22-18)11-6-8-12(19)9-7-11/h2,6-9,16H,1,3-5,10H2,(H,20,21,22). The van der Waals surface area contributed by atoms with Crippen molar-refractivity contribution in [1.82, 2.24) is 14.8 Å². The van der Waals surface area contributed by atoms with Crippen molar-refractivity contribution in [1.29, 1.82) is 0 Å². The molecule has 1 aliphatic heterocycles. The third-order valence-electron chi connectivity index (χ3n) is 4.36. The van der Waals surface area contributed by atoms with Gasteiger partial charge in [-0.3, -0.25) is 4.79 Å². The second kappa shape index (κ2) is 6.69. The Labute approximate surface area is 155 Å². The normalized spacial score (nSPS) is 19.2. The van der Waals surface area contributed by atoms with Crippen molar-refractivity contribution in [3.63, 3.8) is 0 Å². The molecule has 25 heavy (non-hydrogen) atoms. The quantitative estimate of drug-likeness (QED) is 0.642. The van der Waals surface area contributed by atoms with Gasteiger partial charge in [-0.25, -0.2) is 4.68 Å². The molecule has 5 nitrogen and oxygen atoms in total. The van der Waals surface area contributed by atoms with Gasteiger partial charge in [-0.2, -0.15) is 4.98 Å². The zero-order chi connectivity index (χ0) is 17.4. The van der Waals surface area contributed by atoms with Crippen molar-refractivity contribution in [2.24, 2.45) is 0 Å². The first-order valence-electron chi connectivity index (χ1n) is 8.16. The minimum Gasteiger partial charge on any atom is -0.328 e. The van der Waals surface area contributed by atoms with Gasteiger partial charge >= 0.3 is 0 Å². The Morgan fingerprint density at radius 1 is 1.36 bits per heavy atom. The molecule has 1 atom stereocenters. The summed E-state index contributed by atoms with van der Waals surface area (Å²) in [6.45, 7) is 3.73. The van der Waals surface area contributed by atoms with Crippen LogP contribution >= 0.6 is 23.4 Å². The van der Waals surface area contributed by atoms with Crippen molar-refractivity contribution >= 4 is 35.1 Å². The Hall–Kier alpha value is -2.05. The molecule has 2 heterocycles. The number of hydrogen-bond acceptors (Lipinski definition) is 5. The molecule has 1 aliphatic carbocycles. The number of rotatable bonds is 4. The van der Waals surface area contributed by atoms with Gasteiger partial charge in [0.2, 0.25) is 11.1 Å². The van der Waals surface area contributed by atoms with Gasteiger partial charge in [0.1, 0.15) is 6.04 Å². The number of carbonyl (C=O) groups excluding carboxylic acids is 1. The summed E-state index contributed by atoms with van der Waals surface area (Å²) in [7, 11) is 0. The average molecular weight is 373 g/mol. The summed E-state index contributed by atoms with van der Waals surface area (Å²) in [5, 5.41) is 9.30. The Balaban J connectivity index is 1.83. The minimum atomic E-state index is -0.262. The molecule has 0 fully saturated rings. The maximum absolute atomic E-state index is 12.7. The van der Waals surface area contributed by atoms with Gasteiger partial charge in [-0.15, -0.1) is 11.7 Å². The molecule has 1 aromatic heterocycles. The Morgan fingerprint density at radius 2 is 2.16 bits per heavy atom. The van der Waals surface area contributed by atoms with E-state index in [4.69, 9.17) is 11.6 Å². The second-order valence-electron chi connectivity index (χ2n) is 6.01. The summed E-state index contributed by atoms with van der Waals surface area (Å²) >= 11 is 7.56. The van der Waals surface area contributed by atoms with Gasteiger partial charge in [0.15, 0.2) is 5.78 Å². The number of nitrogens with one attached hydrogen (secondary N) is 1. The van der Waals surface area contributed by atoms with Crippen molar-refractivity contribution < 1.29 is 4.79 Å². The number of aromatic nitrogens is 3. The van der Waals surface area contributed by atoms with Crippen LogP contribution in [0.5, 0.6) is 0 Å². The molecule has 0 bridgehead atoms. The number of nitrogens with zero attached hydrogens (tertiary/aromatic N) is 3.